The third-order valence-electron chi connectivity index (χ3n) is 5.61. The van der Waals surface area contributed by atoms with Crippen molar-refractivity contribution in [3.63, 3.8) is 0 Å². The van der Waals surface area contributed by atoms with E-state index in [9.17, 15) is 12.8 Å². The van der Waals surface area contributed by atoms with Gasteiger partial charge in [0.1, 0.15) is 22.9 Å². The number of ether oxygens (including phenoxy) is 1. The molecule has 4 rings (SSSR count). The first kappa shape index (κ1) is 21.8. The first-order chi connectivity index (χ1) is 15.2. The monoisotopic (exact) mass is 453 g/mol. The molecular formula is C24H24FN3O3S. The molecule has 166 valence electrons. The highest BCUT2D eigenvalue weighted by Gasteiger charge is 2.21. The Bertz CT molecular complexity index is 1390. The Hall–Kier alpha value is -3.39. The number of aromatic nitrogens is 2. The van der Waals surface area contributed by atoms with E-state index < -0.39 is 15.8 Å². The lowest BCUT2D eigenvalue weighted by Crippen LogP contribution is -2.14. The molecule has 0 spiro atoms. The molecule has 0 radical (unpaired) electrons. The molecule has 0 aliphatic heterocycles. The molecule has 0 bridgehead atoms. The third kappa shape index (κ3) is 4.05. The van der Waals surface area contributed by atoms with E-state index in [2.05, 4.69) is 14.3 Å². The van der Waals surface area contributed by atoms with Crippen LogP contribution in [0.4, 0.5) is 10.1 Å². The zero-order valence-corrected chi connectivity index (χ0v) is 19.1. The Morgan fingerprint density at radius 2 is 1.69 bits per heavy atom. The normalized spacial score (nSPS) is 11.7. The summed E-state index contributed by atoms with van der Waals surface area (Å²) in [5.41, 5.74) is 4.63. The fourth-order valence-corrected chi connectivity index (χ4v) is 4.78. The number of halogens is 1. The summed E-state index contributed by atoms with van der Waals surface area (Å²) < 4.78 is 49.2. The van der Waals surface area contributed by atoms with Crippen LogP contribution in [0.3, 0.4) is 0 Å². The molecule has 1 aromatic heterocycles. The van der Waals surface area contributed by atoms with Crippen LogP contribution in [0.15, 0.2) is 59.5 Å². The molecule has 3 aromatic carbocycles. The van der Waals surface area contributed by atoms with Gasteiger partial charge < -0.3 is 9.30 Å². The second-order valence-corrected chi connectivity index (χ2v) is 9.40. The van der Waals surface area contributed by atoms with Gasteiger partial charge in [0.15, 0.2) is 0 Å². The van der Waals surface area contributed by atoms with Crippen molar-refractivity contribution in [3.05, 3.63) is 82.9 Å². The van der Waals surface area contributed by atoms with E-state index in [1.165, 1.54) is 12.1 Å². The van der Waals surface area contributed by atoms with Gasteiger partial charge in [0.2, 0.25) is 0 Å². The van der Waals surface area contributed by atoms with Crippen LogP contribution in [-0.2, 0) is 16.6 Å². The Labute approximate surface area is 186 Å². The summed E-state index contributed by atoms with van der Waals surface area (Å²) in [6.07, 6.45) is 0. The maximum Gasteiger partial charge on any atom is 0.261 e. The minimum absolute atomic E-state index is 0.0117. The van der Waals surface area contributed by atoms with Gasteiger partial charge in [-0.15, -0.1) is 0 Å². The highest BCUT2D eigenvalue weighted by Crippen LogP contribution is 2.32. The maximum atomic E-state index is 13.3. The van der Waals surface area contributed by atoms with E-state index in [1.54, 1.807) is 7.11 Å². The van der Waals surface area contributed by atoms with Crippen LogP contribution in [-0.4, -0.2) is 25.1 Å². The fraction of sp³-hybridized carbons (Fsp3) is 0.208. The van der Waals surface area contributed by atoms with Crippen LogP contribution in [0.1, 0.15) is 22.5 Å². The first-order valence-corrected chi connectivity index (χ1v) is 11.6. The number of benzene rings is 3. The summed E-state index contributed by atoms with van der Waals surface area (Å²) in [4.78, 5) is 4.68. The smallest absolute Gasteiger partial charge is 0.261 e. The van der Waals surface area contributed by atoms with Crippen molar-refractivity contribution in [2.75, 3.05) is 11.8 Å². The van der Waals surface area contributed by atoms with Gasteiger partial charge in [-0.2, -0.15) is 0 Å². The zero-order valence-electron chi connectivity index (χ0n) is 18.3. The molecule has 0 atom stereocenters. The number of fused-ring (bicyclic) bond motifs is 1. The van der Waals surface area contributed by atoms with Gasteiger partial charge in [-0.25, -0.2) is 17.8 Å². The number of aryl methyl sites for hydroxylation is 2. The Balaban J connectivity index is 1.79. The van der Waals surface area contributed by atoms with Crippen molar-refractivity contribution in [1.29, 1.82) is 0 Å². The summed E-state index contributed by atoms with van der Waals surface area (Å²) in [6, 6.07) is 14.5. The van der Waals surface area contributed by atoms with E-state index in [-0.39, 0.29) is 4.90 Å². The van der Waals surface area contributed by atoms with Gasteiger partial charge >= 0.3 is 0 Å². The summed E-state index contributed by atoms with van der Waals surface area (Å²) in [5, 5.41) is 0. The van der Waals surface area contributed by atoms with Crippen LogP contribution in [0, 0.1) is 26.6 Å². The molecule has 1 heterocycles. The lowest BCUT2D eigenvalue weighted by molar-refractivity contribution is 0.414. The standard InChI is InChI=1S/C24H24FN3O3S/c1-15-13-22-24(26-17(3)28(22)14-18-5-9-20(31-4)10-6-18)23(16(15)2)27-32(29,30)21-11-7-19(25)8-12-21/h5-13,27H,14H2,1-4H3. The summed E-state index contributed by atoms with van der Waals surface area (Å²) in [5.74, 6) is 1.05. The van der Waals surface area contributed by atoms with Crippen molar-refractivity contribution >= 4 is 26.7 Å². The number of methoxy groups -OCH3 is 1. The van der Waals surface area contributed by atoms with Crippen LogP contribution in [0.5, 0.6) is 5.75 Å². The minimum atomic E-state index is -3.91. The molecule has 1 N–H and O–H groups in total. The molecule has 0 saturated carbocycles. The molecule has 0 fully saturated rings. The molecule has 0 amide bonds. The summed E-state index contributed by atoms with van der Waals surface area (Å²) >= 11 is 0. The van der Waals surface area contributed by atoms with Crippen molar-refractivity contribution in [2.24, 2.45) is 0 Å². The SMILES string of the molecule is COc1ccc(Cn2c(C)nc3c(NS(=O)(=O)c4ccc(F)cc4)c(C)c(C)cc32)cc1. The third-order valence-corrected chi connectivity index (χ3v) is 6.98. The average molecular weight is 454 g/mol. The van der Waals surface area contributed by atoms with Gasteiger partial charge in [0.05, 0.1) is 23.2 Å². The van der Waals surface area contributed by atoms with Crippen molar-refractivity contribution < 1.29 is 17.5 Å². The molecular weight excluding hydrogens is 429 g/mol. The van der Waals surface area contributed by atoms with Gasteiger partial charge in [-0.1, -0.05) is 12.1 Å². The minimum Gasteiger partial charge on any atom is -0.497 e. The van der Waals surface area contributed by atoms with Crippen molar-refractivity contribution in [1.82, 2.24) is 9.55 Å². The predicted molar refractivity (Wildman–Crippen MR) is 123 cm³/mol. The zero-order chi connectivity index (χ0) is 23.0. The van der Waals surface area contributed by atoms with Gasteiger partial charge in [-0.3, -0.25) is 4.72 Å². The van der Waals surface area contributed by atoms with Crippen molar-refractivity contribution in [3.8, 4) is 5.75 Å². The van der Waals surface area contributed by atoms with E-state index >= 15 is 0 Å². The maximum absolute atomic E-state index is 13.3. The molecule has 0 unspecified atom stereocenters. The Morgan fingerprint density at radius 3 is 2.31 bits per heavy atom. The number of anilines is 1. The Kier molecular flexibility index (Phi) is 5.64. The second kappa shape index (κ2) is 8.27. The lowest BCUT2D eigenvalue weighted by Gasteiger charge is -2.14. The first-order valence-electron chi connectivity index (χ1n) is 10.1. The molecule has 0 aliphatic rings. The van der Waals surface area contributed by atoms with Gasteiger partial charge in [0.25, 0.3) is 10.0 Å². The van der Waals surface area contributed by atoms with Gasteiger partial charge in [0, 0.05) is 6.54 Å². The molecule has 0 aliphatic carbocycles. The largest absolute Gasteiger partial charge is 0.497 e. The van der Waals surface area contributed by atoms with Crippen LogP contribution in [0.25, 0.3) is 11.0 Å². The van der Waals surface area contributed by atoms with E-state index in [0.29, 0.717) is 17.7 Å². The molecule has 8 heteroatoms. The van der Waals surface area contributed by atoms with E-state index in [0.717, 1.165) is 45.9 Å². The number of nitrogens with zero attached hydrogens (tertiary/aromatic N) is 2. The number of rotatable bonds is 6. The molecule has 0 saturated heterocycles. The number of sulfonamides is 1. The number of hydrogen-bond donors (Lipinski definition) is 1. The van der Waals surface area contributed by atoms with E-state index in [4.69, 9.17) is 4.74 Å². The number of nitrogens with one attached hydrogen (secondary N) is 1. The van der Waals surface area contributed by atoms with Crippen LogP contribution < -0.4 is 9.46 Å². The fourth-order valence-electron chi connectivity index (χ4n) is 3.64. The topological polar surface area (TPSA) is 73.2 Å². The highest BCUT2D eigenvalue weighted by atomic mass is 32.2. The van der Waals surface area contributed by atoms with Crippen LogP contribution in [0.2, 0.25) is 0 Å². The molecule has 4 aromatic rings. The Morgan fingerprint density at radius 1 is 1.03 bits per heavy atom. The van der Waals surface area contributed by atoms with Gasteiger partial charge in [-0.05, 0) is 79.9 Å². The number of imidazole rings is 1. The quantitative estimate of drug-likeness (QED) is 0.448. The van der Waals surface area contributed by atoms with Crippen LogP contribution >= 0.6 is 0 Å². The summed E-state index contributed by atoms with van der Waals surface area (Å²) in [6.45, 7) is 6.27. The lowest BCUT2D eigenvalue weighted by atomic mass is 10.1. The van der Waals surface area contributed by atoms with Crippen molar-refractivity contribution in [2.45, 2.75) is 32.2 Å². The average Bonchev–Trinajstić information content (AvgIpc) is 3.07. The highest BCUT2D eigenvalue weighted by molar-refractivity contribution is 7.92. The molecule has 32 heavy (non-hydrogen) atoms. The predicted octanol–water partition coefficient (Wildman–Crippen LogP) is 4.96. The molecule has 6 nitrogen and oxygen atoms in total. The number of hydrogen-bond acceptors (Lipinski definition) is 4. The summed E-state index contributed by atoms with van der Waals surface area (Å²) in [7, 11) is -2.28. The van der Waals surface area contributed by atoms with E-state index in [1.807, 2.05) is 51.1 Å². The second-order valence-electron chi connectivity index (χ2n) is 7.71.